The molecule has 124 valence electrons. The van der Waals surface area contributed by atoms with Crippen molar-refractivity contribution in [3.8, 4) is 0 Å². The summed E-state index contributed by atoms with van der Waals surface area (Å²) in [6, 6.07) is 19.3. The van der Waals surface area contributed by atoms with Crippen LogP contribution in [-0.4, -0.2) is 42.3 Å². The molecule has 1 aliphatic heterocycles. The Hall–Kier alpha value is -2.17. The Morgan fingerprint density at radius 1 is 0.875 bits per heavy atom. The summed E-state index contributed by atoms with van der Waals surface area (Å²) in [6.45, 7) is 6.81. The van der Waals surface area contributed by atoms with Crippen LogP contribution in [0.15, 0.2) is 60.9 Å². The van der Waals surface area contributed by atoms with Crippen LogP contribution in [0.5, 0.6) is 0 Å². The molecule has 3 aromatic rings. The molecule has 4 nitrogen and oxygen atoms in total. The van der Waals surface area contributed by atoms with E-state index in [2.05, 4.69) is 75.0 Å². The third-order valence-corrected chi connectivity index (χ3v) is 4.74. The van der Waals surface area contributed by atoms with Gasteiger partial charge in [-0.1, -0.05) is 42.5 Å². The van der Waals surface area contributed by atoms with Crippen molar-refractivity contribution in [1.29, 1.82) is 0 Å². The second-order valence-electron chi connectivity index (χ2n) is 6.37. The summed E-state index contributed by atoms with van der Waals surface area (Å²) >= 11 is 0. The Morgan fingerprint density at radius 2 is 1.62 bits per heavy atom. The molecule has 24 heavy (non-hydrogen) atoms. The van der Waals surface area contributed by atoms with E-state index in [4.69, 9.17) is 4.74 Å². The van der Waals surface area contributed by atoms with E-state index in [9.17, 15) is 0 Å². The summed E-state index contributed by atoms with van der Waals surface area (Å²) < 4.78 is 10.2. The molecule has 4 rings (SSSR count). The van der Waals surface area contributed by atoms with Gasteiger partial charge in [0.2, 0.25) is 6.33 Å². The van der Waals surface area contributed by atoms with Crippen molar-refractivity contribution >= 4 is 11.0 Å². The molecule has 1 aliphatic rings. The van der Waals surface area contributed by atoms with Gasteiger partial charge >= 0.3 is 0 Å². The van der Waals surface area contributed by atoms with Gasteiger partial charge in [0.1, 0.15) is 13.1 Å². The van der Waals surface area contributed by atoms with E-state index in [1.54, 1.807) is 0 Å². The number of rotatable bonds is 5. The fourth-order valence-electron chi connectivity index (χ4n) is 3.40. The molecule has 4 heteroatoms. The predicted molar refractivity (Wildman–Crippen MR) is 94.9 cm³/mol. The summed E-state index contributed by atoms with van der Waals surface area (Å²) in [5, 5.41) is 0. The summed E-state index contributed by atoms with van der Waals surface area (Å²) in [6.07, 6.45) is 2.26. The number of morpholine rings is 1. The fraction of sp³-hybridized carbons (Fsp3) is 0.350. The number of fused-ring (bicyclic) bond motifs is 1. The lowest BCUT2D eigenvalue weighted by molar-refractivity contribution is -0.663. The lowest BCUT2D eigenvalue weighted by atomic mass is 10.2. The van der Waals surface area contributed by atoms with Crippen LogP contribution in [0.3, 0.4) is 0 Å². The third kappa shape index (κ3) is 3.35. The van der Waals surface area contributed by atoms with Crippen LogP contribution in [0.1, 0.15) is 5.56 Å². The maximum atomic E-state index is 5.44. The molecule has 0 radical (unpaired) electrons. The van der Waals surface area contributed by atoms with Gasteiger partial charge < -0.3 is 4.74 Å². The van der Waals surface area contributed by atoms with Gasteiger partial charge in [0.25, 0.3) is 0 Å². The maximum absolute atomic E-state index is 5.44. The van der Waals surface area contributed by atoms with Crippen molar-refractivity contribution in [3.63, 3.8) is 0 Å². The lowest BCUT2D eigenvalue weighted by Crippen LogP contribution is -2.38. The van der Waals surface area contributed by atoms with E-state index >= 15 is 0 Å². The predicted octanol–water partition coefficient (Wildman–Crippen LogP) is 2.31. The SMILES string of the molecule is c1ccc(C[n+]2cn(CCN3CCOCC3)c3ccccc32)cc1. The Balaban J connectivity index is 1.56. The minimum absolute atomic E-state index is 0.862. The van der Waals surface area contributed by atoms with Crippen LogP contribution >= 0.6 is 0 Å². The second-order valence-corrected chi connectivity index (χ2v) is 6.37. The van der Waals surface area contributed by atoms with Crippen molar-refractivity contribution in [2.24, 2.45) is 0 Å². The smallest absolute Gasteiger partial charge is 0.245 e. The first-order valence-electron chi connectivity index (χ1n) is 8.71. The normalized spacial score (nSPS) is 15.8. The average Bonchev–Trinajstić information content (AvgIpc) is 3.00. The number of aromatic nitrogens is 2. The number of hydrogen-bond acceptors (Lipinski definition) is 2. The van der Waals surface area contributed by atoms with Gasteiger partial charge in [-0.05, 0) is 17.7 Å². The third-order valence-electron chi connectivity index (χ3n) is 4.74. The van der Waals surface area contributed by atoms with E-state index in [0.29, 0.717) is 0 Å². The van der Waals surface area contributed by atoms with Crippen molar-refractivity contribution in [2.75, 3.05) is 32.8 Å². The monoisotopic (exact) mass is 322 g/mol. The largest absolute Gasteiger partial charge is 0.379 e. The molecule has 0 spiro atoms. The zero-order valence-corrected chi connectivity index (χ0v) is 14.0. The first-order valence-corrected chi connectivity index (χ1v) is 8.71. The summed E-state index contributed by atoms with van der Waals surface area (Å²) in [5.74, 6) is 0. The molecule has 0 amide bonds. The van der Waals surface area contributed by atoms with Crippen molar-refractivity contribution in [1.82, 2.24) is 9.47 Å². The van der Waals surface area contributed by atoms with Crippen molar-refractivity contribution in [3.05, 3.63) is 66.5 Å². The van der Waals surface area contributed by atoms with Crippen LogP contribution < -0.4 is 4.57 Å². The Labute approximate surface area is 142 Å². The van der Waals surface area contributed by atoms with Crippen molar-refractivity contribution < 1.29 is 9.30 Å². The zero-order valence-electron chi connectivity index (χ0n) is 14.0. The second kappa shape index (κ2) is 7.16. The molecule has 0 aliphatic carbocycles. The summed E-state index contributed by atoms with van der Waals surface area (Å²) in [5.41, 5.74) is 3.93. The molecule has 2 aromatic carbocycles. The van der Waals surface area contributed by atoms with Crippen LogP contribution in [-0.2, 0) is 17.8 Å². The van der Waals surface area contributed by atoms with E-state index in [1.165, 1.54) is 16.6 Å². The molecular formula is C20H24N3O+. The van der Waals surface area contributed by atoms with E-state index in [-0.39, 0.29) is 0 Å². The highest BCUT2D eigenvalue weighted by atomic mass is 16.5. The molecule has 1 fully saturated rings. The number of nitrogens with zero attached hydrogens (tertiary/aromatic N) is 3. The Morgan fingerprint density at radius 3 is 2.46 bits per heavy atom. The Kier molecular flexibility index (Phi) is 4.58. The highest BCUT2D eigenvalue weighted by Crippen LogP contribution is 2.12. The molecule has 2 heterocycles. The standard InChI is InChI=1S/C20H24N3O/c1-2-6-18(7-3-1)16-23-17-22(19-8-4-5-9-20(19)23)11-10-21-12-14-24-15-13-21/h1-9,17H,10-16H2/q+1. The number of imidazole rings is 1. The molecule has 0 atom stereocenters. The van der Waals surface area contributed by atoms with Crippen LogP contribution in [0, 0.1) is 0 Å². The number of ether oxygens (including phenoxy) is 1. The maximum Gasteiger partial charge on any atom is 0.245 e. The highest BCUT2D eigenvalue weighted by molar-refractivity contribution is 5.71. The fourth-order valence-corrected chi connectivity index (χ4v) is 3.40. The van der Waals surface area contributed by atoms with E-state index in [1.807, 2.05) is 0 Å². The number of benzene rings is 2. The van der Waals surface area contributed by atoms with Gasteiger partial charge in [0, 0.05) is 19.6 Å². The van der Waals surface area contributed by atoms with Gasteiger partial charge in [0.15, 0.2) is 11.0 Å². The van der Waals surface area contributed by atoms with Gasteiger partial charge in [0.05, 0.1) is 13.2 Å². The molecule has 1 aromatic heterocycles. The van der Waals surface area contributed by atoms with Crippen LogP contribution in [0.2, 0.25) is 0 Å². The quantitative estimate of drug-likeness (QED) is 0.672. The lowest BCUT2D eigenvalue weighted by Gasteiger charge is -2.25. The first kappa shape index (κ1) is 15.4. The van der Waals surface area contributed by atoms with Crippen LogP contribution in [0.4, 0.5) is 0 Å². The minimum Gasteiger partial charge on any atom is -0.379 e. The molecular weight excluding hydrogens is 298 g/mol. The van der Waals surface area contributed by atoms with Gasteiger partial charge in [-0.15, -0.1) is 0 Å². The Bertz CT molecular complexity index is 791. The first-order chi connectivity index (χ1) is 11.9. The molecule has 0 bridgehead atoms. The molecule has 0 unspecified atom stereocenters. The molecule has 1 saturated heterocycles. The summed E-state index contributed by atoms with van der Waals surface area (Å²) in [4.78, 5) is 2.49. The zero-order chi connectivity index (χ0) is 16.2. The minimum atomic E-state index is 0.862. The van der Waals surface area contributed by atoms with Gasteiger partial charge in [-0.2, -0.15) is 0 Å². The average molecular weight is 322 g/mol. The number of para-hydroxylation sites is 2. The molecule has 0 saturated carbocycles. The van der Waals surface area contributed by atoms with Gasteiger partial charge in [-0.25, -0.2) is 9.13 Å². The summed E-state index contributed by atoms with van der Waals surface area (Å²) in [7, 11) is 0. The van der Waals surface area contributed by atoms with E-state index < -0.39 is 0 Å². The van der Waals surface area contributed by atoms with Gasteiger partial charge in [-0.3, -0.25) is 4.90 Å². The molecule has 0 N–H and O–H groups in total. The topological polar surface area (TPSA) is 21.3 Å². The van der Waals surface area contributed by atoms with Crippen LogP contribution in [0.25, 0.3) is 11.0 Å². The van der Waals surface area contributed by atoms with Crippen molar-refractivity contribution in [2.45, 2.75) is 13.1 Å². The highest BCUT2D eigenvalue weighted by Gasteiger charge is 2.17. The van der Waals surface area contributed by atoms with E-state index in [0.717, 1.165) is 45.9 Å². The number of hydrogen-bond donors (Lipinski definition) is 0.